The first-order valence-electron chi connectivity index (χ1n) is 5.64. The summed E-state index contributed by atoms with van der Waals surface area (Å²) < 4.78 is 1.53. The minimum absolute atomic E-state index is 0.0409. The number of rotatable bonds is 0. The van der Waals surface area contributed by atoms with Gasteiger partial charge in [0.1, 0.15) is 5.82 Å². The summed E-state index contributed by atoms with van der Waals surface area (Å²) in [6.45, 7) is 0.592. The average molecular weight is 250 g/mol. The van der Waals surface area contributed by atoms with E-state index in [0.29, 0.717) is 11.9 Å². The lowest BCUT2D eigenvalue weighted by molar-refractivity contribution is 0.762. The van der Waals surface area contributed by atoms with Crippen LogP contribution >= 0.6 is 11.6 Å². The maximum atomic E-state index is 12.2. The number of para-hydroxylation sites is 1. The van der Waals surface area contributed by atoms with Gasteiger partial charge in [-0.05, 0) is 18.6 Å². The monoisotopic (exact) mass is 249 g/mol. The fraction of sp³-hybridized carbons (Fsp3) is 0.333. The Morgan fingerprint density at radius 2 is 2.24 bits per heavy atom. The molecule has 0 spiro atoms. The third-order valence-corrected chi connectivity index (χ3v) is 3.37. The van der Waals surface area contributed by atoms with Crippen molar-refractivity contribution in [1.82, 2.24) is 9.66 Å². The molecule has 1 N–H and O–H groups in total. The second-order valence-corrected chi connectivity index (χ2v) is 4.80. The smallest absolute Gasteiger partial charge is 0.279 e. The third-order valence-electron chi connectivity index (χ3n) is 3.00. The minimum atomic E-state index is -0.0450. The van der Waals surface area contributed by atoms with Gasteiger partial charge in [-0.3, -0.25) is 4.79 Å². The molecule has 1 atom stereocenters. The highest BCUT2D eigenvalue weighted by molar-refractivity contribution is 6.20. The molecule has 2 heterocycles. The van der Waals surface area contributed by atoms with Crippen molar-refractivity contribution in [2.75, 3.05) is 12.0 Å². The predicted octanol–water partition coefficient (Wildman–Crippen LogP) is 1.49. The molecule has 0 aliphatic carbocycles. The molecule has 0 saturated heterocycles. The van der Waals surface area contributed by atoms with Crippen molar-refractivity contribution >= 4 is 22.5 Å². The van der Waals surface area contributed by atoms with Crippen LogP contribution in [0.1, 0.15) is 12.2 Å². The van der Waals surface area contributed by atoms with Gasteiger partial charge in [0.2, 0.25) is 0 Å². The summed E-state index contributed by atoms with van der Waals surface area (Å²) >= 11 is 6.09. The molecule has 1 unspecified atom stereocenters. The fourth-order valence-corrected chi connectivity index (χ4v) is 2.27. The predicted molar refractivity (Wildman–Crippen MR) is 68.2 cm³/mol. The van der Waals surface area contributed by atoms with E-state index in [-0.39, 0.29) is 10.9 Å². The minimum Gasteiger partial charge on any atom is -0.320 e. The molecule has 0 saturated carbocycles. The van der Waals surface area contributed by atoms with E-state index < -0.39 is 0 Å². The number of aryl methyl sites for hydroxylation is 1. The molecule has 0 bridgehead atoms. The highest BCUT2D eigenvalue weighted by Gasteiger charge is 2.16. The Hall–Kier alpha value is -1.55. The number of aromatic nitrogens is 2. The largest absolute Gasteiger partial charge is 0.320 e. The van der Waals surface area contributed by atoms with E-state index in [0.717, 1.165) is 24.2 Å². The Kier molecular flexibility index (Phi) is 2.52. The van der Waals surface area contributed by atoms with Gasteiger partial charge in [0.05, 0.1) is 16.3 Å². The van der Waals surface area contributed by atoms with Crippen molar-refractivity contribution in [2.45, 2.75) is 18.2 Å². The maximum Gasteiger partial charge on any atom is 0.279 e. The molecule has 1 aromatic heterocycles. The van der Waals surface area contributed by atoms with Gasteiger partial charge in [-0.2, -0.15) is 0 Å². The Bertz CT molecular complexity index is 623. The van der Waals surface area contributed by atoms with Gasteiger partial charge in [0.15, 0.2) is 0 Å². The van der Waals surface area contributed by atoms with Gasteiger partial charge in [-0.25, -0.2) is 9.66 Å². The van der Waals surface area contributed by atoms with Crippen LogP contribution in [0.5, 0.6) is 0 Å². The zero-order valence-corrected chi connectivity index (χ0v) is 9.94. The molecule has 1 aliphatic rings. The number of fused-ring (bicyclic) bond motifs is 2. The van der Waals surface area contributed by atoms with Gasteiger partial charge in [0, 0.05) is 13.0 Å². The zero-order chi connectivity index (χ0) is 11.8. The van der Waals surface area contributed by atoms with Crippen LogP contribution in [0.15, 0.2) is 29.1 Å². The van der Waals surface area contributed by atoms with Crippen molar-refractivity contribution in [3.63, 3.8) is 0 Å². The first-order valence-corrected chi connectivity index (χ1v) is 6.08. The lowest BCUT2D eigenvalue weighted by Crippen LogP contribution is -2.33. The van der Waals surface area contributed by atoms with Crippen molar-refractivity contribution in [3.05, 3.63) is 40.4 Å². The topological polar surface area (TPSA) is 46.9 Å². The zero-order valence-electron chi connectivity index (χ0n) is 9.19. The van der Waals surface area contributed by atoms with Crippen LogP contribution in [-0.2, 0) is 6.42 Å². The van der Waals surface area contributed by atoms with Crippen molar-refractivity contribution < 1.29 is 0 Å². The SMILES string of the molecule is O=c1c2ccccc2nc2n1NCC(Cl)CC2. The second kappa shape index (κ2) is 4.04. The van der Waals surface area contributed by atoms with Gasteiger partial charge in [0.25, 0.3) is 5.56 Å². The summed E-state index contributed by atoms with van der Waals surface area (Å²) in [6, 6.07) is 7.39. The Morgan fingerprint density at radius 1 is 1.41 bits per heavy atom. The molecule has 1 aliphatic heterocycles. The second-order valence-electron chi connectivity index (χ2n) is 4.18. The quantitative estimate of drug-likeness (QED) is 0.720. The van der Waals surface area contributed by atoms with E-state index in [2.05, 4.69) is 10.4 Å². The van der Waals surface area contributed by atoms with E-state index in [1.807, 2.05) is 18.2 Å². The van der Waals surface area contributed by atoms with Crippen LogP contribution in [0.25, 0.3) is 10.9 Å². The summed E-state index contributed by atoms with van der Waals surface area (Å²) in [7, 11) is 0. The normalized spacial score (nSPS) is 19.5. The summed E-state index contributed by atoms with van der Waals surface area (Å²) in [5.41, 5.74) is 3.75. The fourth-order valence-electron chi connectivity index (χ4n) is 2.09. The summed E-state index contributed by atoms with van der Waals surface area (Å²) in [5.74, 6) is 0.761. The molecule has 0 amide bonds. The molecule has 1 aromatic carbocycles. The van der Waals surface area contributed by atoms with Crippen LogP contribution in [0, 0.1) is 0 Å². The summed E-state index contributed by atoms with van der Waals surface area (Å²) in [4.78, 5) is 16.8. The number of halogens is 1. The van der Waals surface area contributed by atoms with Gasteiger partial charge in [-0.1, -0.05) is 12.1 Å². The number of hydrogen-bond donors (Lipinski definition) is 1. The molecule has 5 heteroatoms. The number of benzene rings is 1. The van der Waals surface area contributed by atoms with Crippen LogP contribution < -0.4 is 11.0 Å². The van der Waals surface area contributed by atoms with E-state index in [1.165, 1.54) is 4.68 Å². The maximum absolute atomic E-state index is 12.2. The average Bonchev–Trinajstić information content (AvgIpc) is 2.53. The van der Waals surface area contributed by atoms with Crippen molar-refractivity contribution in [3.8, 4) is 0 Å². The molecule has 88 valence electrons. The van der Waals surface area contributed by atoms with E-state index in [9.17, 15) is 4.79 Å². The van der Waals surface area contributed by atoms with Gasteiger partial charge >= 0.3 is 0 Å². The van der Waals surface area contributed by atoms with Crippen LogP contribution in [0.4, 0.5) is 0 Å². The number of alkyl halides is 1. The van der Waals surface area contributed by atoms with E-state index in [4.69, 9.17) is 11.6 Å². The molecule has 0 fully saturated rings. The van der Waals surface area contributed by atoms with Crippen molar-refractivity contribution in [1.29, 1.82) is 0 Å². The molecule has 17 heavy (non-hydrogen) atoms. The number of nitrogens with one attached hydrogen (secondary N) is 1. The van der Waals surface area contributed by atoms with Gasteiger partial charge in [-0.15, -0.1) is 11.6 Å². The molecular weight excluding hydrogens is 238 g/mol. The van der Waals surface area contributed by atoms with E-state index >= 15 is 0 Å². The molecule has 4 nitrogen and oxygen atoms in total. The first-order chi connectivity index (χ1) is 8.25. The Morgan fingerprint density at radius 3 is 3.12 bits per heavy atom. The Balaban J connectivity index is 2.25. The van der Waals surface area contributed by atoms with Gasteiger partial charge < -0.3 is 5.43 Å². The molecule has 3 rings (SSSR count). The molecule has 2 aromatic rings. The summed E-state index contributed by atoms with van der Waals surface area (Å²) in [6.07, 6.45) is 1.56. The standard InChI is InChI=1S/C12H12ClN3O/c13-8-5-6-11-15-10-4-2-1-3-9(10)12(17)16(11)14-7-8/h1-4,8,14H,5-7H2. The highest BCUT2D eigenvalue weighted by Crippen LogP contribution is 2.13. The van der Waals surface area contributed by atoms with Crippen LogP contribution in [0.3, 0.4) is 0 Å². The van der Waals surface area contributed by atoms with E-state index in [1.54, 1.807) is 6.07 Å². The molecule has 0 radical (unpaired) electrons. The summed E-state index contributed by atoms with van der Waals surface area (Å²) in [5, 5.41) is 0.677. The van der Waals surface area contributed by atoms with Crippen molar-refractivity contribution in [2.24, 2.45) is 0 Å². The number of hydrogen-bond acceptors (Lipinski definition) is 3. The first kappa shape index (κ1) is 10.6. The van der Waals surface area contributed by atoms with Crippen LogP contribution in [-0.4, -0.2) is 21.6 Å². The highest BCUT2D eigenvalue weighted by atomic mass is 35.5. The number of nitrogens with zero attached hydrogens (tertiary/aromatic N) is 2. The lowest BCUT2D eigenvalue weighted by Gasteiger charge is -2.11. The third kappa shape index (κ3) is 1.78. The molecular formula is C12H12ClN3O. The van der Waals surface area contributed by atoms with Crippen LogP contribution in [0.2, 0.25) is 0 Å². The lowest BCUT2D eigenvalue weighted by atomic mass is 10.2. The Labute approximate surface area is 103 Å².